The van der Waals surface area contributed by atoms with Gasteiger partial charge in [-0.3, -0.25) is 4.98 Å². The number of nitrogens with one attached hydrogen (secondary N) is 1. The maximum Gasteiger partial charge on any atom is 0.149 e. The maximum absolute atomic E-state index is 5.74. The molecule has 1 fully saturated rings. The third kappa shape index (κ3) is 2.15. The van der Waals surface area contributed by atoms with Crippen LogP contribution in [-0.4, -0.2) is 16.0 Å². The first kappa shape index (κ1) is 9.71. The summed E-state index contributed by atoms with van der Waals surface area (Å²) in [6.07, 6.45) is 7.25. The topological polar surface area (TPSA) is 37.8 Å². The van der Waals surface area contributed by atoms with Gasteiger partial charge in [-0.2, -0.15) is 0 Å². The lowest BCUT2D eigenvalue weighted by Gasteiger charge is -2.32. The Hall–Kier alpha value is -0.830. The quantitative estimate of drug-likeness (QED) is 0.836. The van der Waals surface area contributed by atoms with Gasteiger partial charge in [0.2, 0.25) is 0 Å². The van der Waals surface area contributed by atoms with Crippen molar-refractivity contribution in [3.05, 3.63) is 17.5 Å². The van der Waals surface area contributed by atoms with Crippen LogP contribution in [0.3, 0.4) is 0 Å². The van der Waals surface area contributed by atoms with Crippen molar-refractivity contribution in [1.29, 1.82) is 0 Å². The second-order valence-electron chi connectivity index (χ2n) is 3.85. The predicted octanol–water partition coefficient (Wildman–Crippen LogP) is 2.73. The smallest absolute Gasteiger partial charge is 0.149 e. The normalized spacial score (nSPS) is 18.7. The molecule has 1 aliphatic carbocycles. The van der Waals surface area contributed by atoms with Gasteiger partial charge >= 0.3 is 0 Å². The van der Waals surface area contributed by atoms with E-state index in [1.807, 2.05) is 0 Å². The average molecular weight is 212 g/mol. The molecule has 1 heterocycles. The Morgan fingerprint density at radius 2 is 2.29 bits per heavy atom. The predicted molar refractivity (Wildman–Crippen MR) is 57.5 cm³/mol. The van der Waals surface area contributed by atoms with E-state index < -0.39 is 0 Å². The maximum atomic E-state index is 5.74. The summed E-state index contributed by atoms with van der Waals surface area (Å²) < 4.78 is 0. The van der Waals surface area contributed by atoms with E-state index >= 15 is 0 Å². The monoisotopic (exact) mass is 211 g/mol. The van der Waals surface area contributed by atoms with Gasteiger partial charge in [-0.05, 0) is 25.7 Å². The first-order valence-corrected chi connectivity index (χ1v) is 5.37. The van der Waals surface area contributed by atoms with Crippen LogP contribution in [0, 0.1) is 5.92 Å². The van der Waals surface area contributed by atoms with Crippen molar-refractivity contribution in [3.63, 3.8) is 0 Å². The van der Waals surface area contributed by atoms with Gasteiger partial charge in [-0.15, -0.1) is 0 Å². The van der Waals surface area contributed by atoms with Crippen LogP contribution in [0.5, 0.6) is 0 Å². The summed E-state index contributed by atoms with van der Waals surface area (Å²) in [7, 11) is 0. The van der Waals surface area contributed by atoms with Crippen molar-refractivity contribution >= 4 is 17.4 Å². The summed E-state index contributed by atoms with van der Waals surface area (Å²) in [5, 5.41) is 3.77. The second-order valence-corrected chi connectivity index (χ2v) is 4.24. The molecule has 1 saturated carbocycles. The molecule has 1 aromatic heterocycles. The van der Waals surface area contributed by atoms with Crippen LogP contribution in [-0.2, 0) is 0 Å². The average Bonchev–Trinajstić information content (AvgIpc) is 1.99. The number of nitrogens with zero attached hydrogens (tertiary/aromatic N) is 2. The number of aromatic nitrogens is 2. The Morgan fingerprint density at radius 3 is 2.86 bits per heavy atom. The van der Waals surface area contributed by atoms with Crippen molar-refractivity contribution in [2.45, 2.75) is 32.2 Å². The van der Waals surface area contributed by atoms with Crippen LogP contribution in [0.2, 0.25) is 5.15 Å². The molecule has 4 heteroatoms. The summed E-state index contributed by atoms with van der Waals surface area (Å²) in [5.74, 6) is 1.56. The molecule has 0 spiro atoms. The first-order chi connectivity index (χ1) is 6.75. The molecule has 1 atom stereocenters. The third-order valence-corrected chi connectivity index (χ3v) is 3.02. The van der Waals surface area contributed by atoms with Crippen molar-refractivity contribution in [2.24, 2.45) is 5.92 Å². The van der Waals surface area contributed by atoms with E-state index in [0.717, 1.165) is 11.7 Å². The van der Waals surface area contributed by atoms with E-state index in [4.69, 9.17) is 11.6 Å². The number of halogens is 1. The fraction of sp³-hybridized carbons (Fsp3) is 0.600. The molecule has 0 amide bonds. The van der Waals surface area contributed by atoms with E-state index in [2.05, 4.69) is 22.2 Å². The zero-order valence-electron chi connectivity index (χ0n) is 8.20. The van der Waals surface area contributed by atoms with Crippen LogP contribution in [0.4, 0.5) is 5.82 Å². The van der Waals surface area contributed by atoms with E-state index in [9.17, 15) is 0 Å². The highest BCUT2D eigenvalue weighted by Crippen LogP contribution is 2.30. The molecule has 1 unspecified atom stereocenters. The number of hydrogen-bond acceptors (Lipinski definition) is 3. The molecule has 0 aromatic carbocycles. The lowest BCUT2D eigenvalue weighted by atomic mass is 9.80. The Kier molecular flexibility index (Phi) is 2.87. The van der Waals surface area contributed by atoms with Gasteiger partial charge in [0.1, 0.15) is 11.0 Å². The highest BCUT2D eigenvalue weighted by atomic mass is 35.5. The Balaban J connectivity index is 1.95. The Labute approximate surface area is 88.9 Å². The van der Waals surface area contributed by atoms with E-state index in [0.29, 0.717) is 11.2 Å². The van der Waals surface area contributed by atoms with Gasteiger partial charge in [0.25, 0.3) is 0 Å². The van der Waals surface area contributed by atoms with E-state index in [-0.39, 0.29) is 0 Å². The molecule has 0 bridgehead atoms. The van der Waals surface area contributed by atoms with Crippen molar-refractivity contribution in [2.75, 3.05) is 5.32 Å². The minimum absolute atomic E-state index is 0.441. The summed E-state index contributed by atoms with van der Waals surface area (Å²) in [6, 6.07) is 0.469. The van der Waals surface area contributed by atoms with Crippen LogP contribution in [0.25, 0.3) is 0 Å². The van der Waals surface area contributed by atoms with Crippen LogP contribution in [0.1, 0.15) is 26.2 Å². The molecule has 0 aliphatic heterocycles. The third-order valence-electron chi connectivity index (χ3n) is 2.84. The molecule has 1 aromatic rings. The Morgan fingerprint density at radius 1 is 1.50 bits per heavy atom. The highest BCUT2D eigenvalue weighted by Gasteiger charge is 2.23. The molecular formula is C10H14ClN3. The van der Waals surface area contributed by atoms with Gasteiger partial charge < -0.3 is 5.32 Å². The molecule has 14 heavy (non-hydrogen) atoms. The van der Waals surface area contributed by atoms with Crippen molar-refractivity contribution < 1.29 is 0 Å². The van der Waals surface area contributed by atoms with Gasteiger partial charge in [-0.25, -0.2) is 4.98 Å². The minimum atomic E-state index is 0.441. The highest BCUT2D eigenvalue weighted by molar-refractivity contribution is 6.29. The minimum Gasteiger partial charge on any atom is -0.366 e. The number of anilines is 1. The van der Waals surface area contributed by atoms with Crippen molar-refractivity contribution in [3.8, 4) is 0 Å². The van der Waals surface area contributed by atoms with Gasteiger partial charge in [0.15, 0.2) is 0 Å². The Bertz CT molecular complexity index is 312. The van der Waals surface area contributed by atoms with Gasteiger partial charge in [0.05, 0.1) is 12.4 Å². The summed E-state index contributed by atoms with van der Waals surface area (Å²) in [6.45, 7) is 2.19. The summed E-state index contributed by atoms with van der Waals surface area (Å²) in [4.78, 5) is 8.13. The molecule has 0 radical (unpaired) electrons. The molecular weight excluding hydrogens is 198 g/mol. The fourth-order valence-corrected chi connectivity index (χ4v) is 1.85. The largest absolute Gasteiger partial charge is 0.366 e. The molecule has 0 saturated heterocycles. The fourth-order valence-electron chi connectivity index (χ4n) is 1.70. The SMILES string of the molecule is CC(Nc1cncc(Cl)n1)C1CCC1. The van der Waals surface area contributed by atoms with Crippen LogP contribution in [0.15, 0.2) is 12.4 Å². The lowest BCUT2D eigenvalue weighted by molar-refractivity contribution is 0.285. The van der Waals surface area contributed by atoms with E-state index in [1.165, 1.54) is 19.3 Å². The lowest BCUT2D eigenvalue weighted by Crippen LogP contribution is -2.31. The van der Waals surface area contributed by atoms with Crippen LogP contribution < -0.4 is 5.32 Å². The molecule has 1 N–H and O–H groups in total. The second kappa shape index (κ2) is 4.13. The standard InChI is InChI=1S/C10H14ClN3/c1-7(8-3-2-4-8)13-10-6-12-5-9(11)14-10/h5-8H,2-4H2,1H3,(H,13,14). The number of rotatable bonds is 3. The molecule has 2 rings (SSSR count). The summed E-state index contributed by atoms with van der Waals surface area (Å²) >= 11 is 5.74. The molecule has 3 nitrogen and oxygen atoms in total. The zero-order chi connectivity index (χ0) is 9.97. The number of hydrogen-bond donors (Lipinski definition) is 1. The summed E-state index contributed by atoms with van der Waals surface area (Å²) in [5.41, 5.74) is 0. The zero-order valence-corrected chi connectivity index (χ0v) is 8.96. The molecule has 76 valence electrons. The van der Waals surface area contributed by atoms with Crippen LogP contribution >= 0.6 is 11.6 Å². The van der Waals surface area contributed by atoms with E-state index in [1.54, 1.807) is 12.4 Å². The van der Waals surface area contributed by atoms with Crippen molar-refractivity contribution in [1.82, 2.24) is 9.97 Å². The molecule has 1 aliphatic rings. The van der Waals surface area contributed by atoms with Gasteiger partial charge in [-0.1, -0.05) is 18.0 Å². The first-order valence-electron chi connectivity index (χ1n) is 5.00. The van der Waals surface area contributed by atoms with Gasteiger partial charge in [0, 0.05) is 6.04 Å².